The molecule has 5 heteroatoms. The summed E-state index contributed by atoms with van der Waals surface area (Å²) in [5.41, 5.74) is -0.927. The van der Waals surface area contributed by atoms with E-state index in [1.54, 1.807) is 6.92 Å². The highest BCUT2D eigenvalue weighted by atomic mass is 16.5. The highest BCUT2D eigenvalue weighted by Gasteiger charge is 2.39. The van der Waals surface area contributed by atoms with Crippen molar-refractivity contribution in [3.05, 3.63) is 0 Å². The fourth-order valence-electron chi connectivity index (χ4n) is 1.44. The third-order valence-electron chi connectivity index (χ3n) is 2.53. The van der Waals surface area contributed by atoms with Gasteiger partial charge in [-0.25, -0.2) is 0 Å². The Hall–Kier alpha value is -0.650. The zero-order valence-corrected chi connectivity index (χ0v) is 8.58. The lowest BCUT2D eigenvalue weighted by molar-refractivity contribution is -0.126. The molecule has 2 unspecified atom stereocenters. The molecule has 1 heterocycles. The molecule has 1 rings (SSSR count). The Labute approximate surface area is 83.4 Å². The number of amides is 1. The van der Waals surface area contributed by atoms with E-state index in [0.29, 0.717) is 13.0 Å². The summed E-state index contributed by atoms with van der Waals surface area (Å²) < 4.78 is 9.88. The number of hydrogen-bond donors (Lipinski definition) is 2. The number of aliphatic hydroxyl groups is 1. The Morgan fingerprint density at radius 2 is 2.50 bits per heavy atom. The molecule has 5 nitrogen and oxygen atoms in total. The van der Waals surface area contributed by atoms with Crippen molar-refractivity contribution in [3.8, 4) is 0 Å². The zero-order chi connectivity index (χ0) is 10.6. The molecule has 1 aliphatic rings. The van der Waals surface area contributed by atoms with E-state index in [1.165, 1.54) is 7.11 Å². The smallest absolute Gasteiger partial charge is 0.246 e. The van der Waals surface area contributed by atoms with Crippen molar-refractivity contribution < 1.29 is 19.4 Å². The molecule has 1 aliphatic heterocycles. The zero-order valence-electron chi connectivity index (χ0n) is 8.58. The molecule has 0 spiro atoms. The van der Waals surface area contributed by atoms with Crippen molar-refractivity contribution in [3.63, 3.8) is 0 Å². The molecule has 1 saturated heterocycles. The van der Waals surface area contributed by atoms with Crippen LogP contribution in [0.25, 0.3) is 0 Å². The number of methoxy groups -OCH3 is 1. The number of rotatable bonds is 4. The molecule has 82 valence electrons. The third kappa shape index (κ3) is 2.67. The normalized spacial score (nSPS) is 31.8. The molecule has 2 N–H and O–H groups in total. The van der Waals surface area contributed by atoms with E-state index in [2.05, 4.69) is 10.1 Å². The number of hydrogen-bond acceptors (Lipinski definition) is 4. The minimum absolute atomic E-state index is 0.0192. The van der Waals surface area contributed by atoms with Crippen molar-refractivity contribution in [2.24, 2.45) is 0 Å². The number of nitrogens with one attached hydrogen (secondary N) is 1. The topological polar surface area (TPSA) is 67.8 Å². The van der Waals surface area contributed by atoms with Crippen molar-refractivity contribution in [1.82, 2.24) is 5.32 Å². The van der Waals surface area contributed by atoms with Gasteiger partial charge >= 0.3 is 0 Å². The van der Waals surface area contributed by atoms with Gasteiger partial charge in [-0.15, -0.1) is 0 Å². The average molecular weight is 203 g/mol. The van der Waals surface area contributed by atoms with Crippen LogP contribution < -0.4 is 5.32 Å². The number of carbonyl (C=O) groups is 1. The number of carbonyl (C=O) groups excluding carboxylic acids is 1. The molecule has 1 amide bonds. The molecule has 0 aliphatic carbocycles. The van der Waals surface area contributed by atoms with E-state index >= 15 is 0 Å². The molecule has 0 aromatic heterocycles. The van der Waals surface area contributed by atoms with Crippen LogP contribution in [0.3, 0.4) is 0 Å². The Morgan fingerprint density at radius 1 is 1.79 bits per heavy atom. The molecular weight excluding hydrogens is 186 g/mol. The summed E-state index contributed by atoms with van der Waals surface area (Å²) in [6.45, 7) is 2.58. The maximum absolute atomic E-state index is 11.1. The molecule has 0 bridgehead atoms. The summed E-state index contributed by atoms with van der Waals surface area (Å²) >= 11 is 0. The van der Waals surface area contributed by atoms with E-state index in [0.717, 1.165) is 0 Å². The van der Waals surface area contributed by atoms with Gasteiger partial charge in [-0.05, 0) is 6.92 Å². The minimum Gasteiger partial charge on any atom is -0.385 e. The standard InChI is InChI=1S/C9H17NO4/c1-7-9(12,3-4-14-7)6-10-8(11)5-13-2/h7,12H,3-6H2,1-2H3,(H,10,11). The summed E-state index contributed by atoms with van der Waals surface area (Å²) in [5.74, 6) is -0.222. The highest BCUT2D eigenvalue weighted by molar-refractivity contribution is 5.77. The molecule has 1 fully saturated rings. The first kappa shape index (κ1) is 11.4. The third-order valence-corrected chi connectivity index (χ3v) is 2.53. The van der Waals surface area contributed by atoms with Crippen LogP contribution in [0.15, 0.2) is 0 Å². The maximum atomic E-state index is 11.1. The molecular formula is C9H17NO4. The molecule has 2 atom stereocenters. The van der Waals surface area contributed by atoms with Gasteiger partial charge in [0, 0.05) is 26.7 Å². The Bertz CT molecular complexity index is 209. The lowest BCUT2D eigenvalue weighted by Gasteiger charge is -2.25. The van der Waals surface area contributed by atoms with E-state index in [4.69, 9.17) is 4.74 Å². The van der Waals surface area contributed by atoms with Gasteiger partial charge in [0.1, 0.15) is 12.2 Å². The van der Waals surface area contributed by atoms with Crippen molar-refractivity contribution >= 4 is 5.91 Å². The van der Waals surface area contributed by atoms with Crippen LogP contribution in [0.2, 0.25) is 0 Å². The first-order valence-corrected chi connectivity index (χ1v) is 4.68. The van der Waals surface area contributed by atoms with Crippen molar-refractivity contribution in [1.29, 1.82) is 0 Å². The second-order valence-corrected chi connectivity index (χ2v) is 3.58. The molecule has 0 aromatic carbocycles. The lowest BCUT2D eigenvalue weighted by Crippen LogP contribution is -2.48. The second-order valence-electron chi connectivity index (χ2n) is 3.58. The monoisotopic (exact) mass is 203 g/mol. The van der Waals surface area contributed by atoms with E-state index in [-0.39, 0.29) is 25.2 Å². The summed E-state index contributed by atoms with van der Waals surface area (Å²) in [7, 11) is 1.45. The lowest BCUT2D eigenvalue weighted by atomic mass is 9.97. The van der Waals surface area contributed by atoms with Crippen LogP contribution in [-0.4, -0.2) is 49.6 Å². The molecule has 0 radical (unpaired) electrons. The largest absolute Gasteiger partial charge is 0.385 e. The first-order chi connectivity index (χ1) is 6.58. The van der Waals surface area contributed by atoms with E-state index in [9.17, 15) is 9.90 Å². The van der Waals surface area contributed by atoms with Crippen LogP contribution in [0.5, 0.6) is 0 Å². The first-order valence-electron chi connectivity index (χ1n) is 4.68. The predicted octanol–water partition coefficient (Wildman–Crippen LogP) is -0.711. The summed E-state index contributed by atoms with van der Waals surface area (Å²) in [5, 5.41) is 12.6. The molecule has 0 aromatic rings. The van der Waals surface area contributed by atoms with Crippen molar-refractivity contribution in [2.75, 3.05) is 26.9 Å². The van der Waals surface area contributed by atoms with Gasteiger partial charge in [0.25, 0.3) is 0 Å². The van der Waals surface area contributed by atoms with Crippen LogP contribution in [0, 0.1) is 0 Å². The van der Waals surface area contributed by atoms with E-state index < -0.39 is 5.60 Å². The van der Waals surface area contributed by atoms with E-state index in [1.807, 2.05) is 0 Å². The SMILES string of the molecule is COCC(=O)NCC1(O)CCOC1C. The van der Waals surface area contributed by atoms with Gasteiger partial charge in [0.05, 0.1) is 6.10 Å². The Morgan fingerprint density at radius 3 is 3.00 bits per heavy atom. The summed E-state index contributed by atoms with van der Waals surface area (Å²) in [6, 6.07) is 0. The highest BCUT2D eigenvalue weighted by Crippen LogP contribution is 2.24. The Kier molecular flexibility index (Phi) is 3.86. The molecule has 0 saturated carbocycles. The van der Waals surface area contributed by atoms with Gasteiger partial charge in [-0.3, -0.25) is 4.79 Å². The van der Waals surface area contributed by atoms with Crippen molar-refractivity contribution in [2.45, 2.75) is 25.0 Å². The summed E-state index contributed by atoms with van der Waals surface area (Å²) in [4.78, 5) is 11.1. The minimum atomic E-state index is -0.927. The second kappa shape index (κ2) is 4.72. The van der Waals surface area contributed by atoms with Gasteiger partial charge in [-0.2, -0.15) is 0 Å². The fourth-order valence-corrected chi connectivity index (χ4v) is 1.44. The van der Waals surface area contributed by atoms with Crippen LogP contribution >= 0.6 is 0 Å². The maximum Gasteiger partial charge on any atom is 0.246 e. The van der Waals surface area contributed by atoms with Crippen LogP contribution in [0.4, 0.5) is 0 Å². The fraction of sp³-hybridized carbons (Fsp3) is 0.889. The molecule has 14 heavy (non-hydrogen) atoms. The van der Waals surface area contributed by atoms with Crippen LogP contribution in [-0.2, 0) is 14.3 Å². The Balaban J connectivity index is 2.32. The van der Waals surface area contributed by atoms with Gasteiger partial charge in [0.15, 0.2) is 0 Å². The predicted molar refractivity (Wildman–Crippen MR) is 49.9 cm³/mol. The number of ether oxygens (including phenoxy) is 2. The summed E-state index contributed by atoms with van der Waals surface area (Å²) in [6.07, 6.45) is 0.326. The van der Waals surface area contributed by atoms with Gasteiger partial charge in [0.2, 0.25) is 5.91 Å². The van der Waals surface area contributed by atoms with Gasteiger partial charge < -0.3 is 19.9 Å². The van der Waals surface area contributed by atoms with Gasteiger partial charge in [-0.1, -0.05) is 0 Å². The van der Waals surface area contributed by atoms with Crippen LogP contribution in [0.1, 0.15) is 13.3 Å². The quantitative estimate of drug-likeness (QED) is 0.633. The average Bonchev–Trinajstić information content (AvgIpc) is 2.46.